The topological polar surface area (TPSA) is 32.5 Å². The molecule has 0 saturated carbocycles. The summed E-state index contributed by atoms with van der Waals surface area (Å²) in [6.07, 6.45) is 3.80. The second kappa shape index (κ2) is 8.48. The minimum absolute atomic E-state index is 0. The quantitative estimate of drug-likeness (QED) is 0.697. The summed E-state index contributed by atoms with van der Waals surface area (Å²) >= 11 is 0. The monoisotopic (exact) mass is 221 g/mol. The summed E-state index contributed by atoms with van der Waals surface area (Å²) in [7, 11) is 2.20. The molecule has 0 aromatic rings. The lowest BCUT2D eigenvalue weighted by Crippen LogP contribution is -2.44. The lowest BCUT2D eigenvalue weighted by molar-refractivity contribution is 0.152. The van der Waals surface area contributed by atoms with E-state index in [1.165, 1.54) is 52.0 Å². The van der Waals surface area contributed by atoms with Crippen LogP contribution in [0.2, 0.25) is 0 Å². The molecule has 0 radical (unpaired) electrons. The van der Waals surface area contributed by atoms with Crippen LogP contribution in [-0.2, 0) is 0 Å². The van der Waals surface area contributed by atoms with E-state index in [9.17, 15) is 0 Å². The molecule has 4 heteroatoms. The van der Waals surface area contributed by atoms with Crippen molar-refractivity contribution in [3.8, 4) is 0 Å². The molecule has 1 aliphatic rings. The van der Waals surface area contributed by atoms with E-state index >= 15 is 0 Å². The van der Waals surface area contributed by atoms with Crippen molar-refractivity contribution in [2.24, 2.45) is 5.73 Å². The Hall–Kier alpha value is 0.170. The Kier molecular flexibility index (Phi) is 8.58. The van der Waals surface area contributed by atoms with Gasteiger partial charge in [0.2, 0.25) is 0 Å². The van der Waals surface area contributed by atoms with Crippen LogP contribution in [0.4, 0.5) is 0 Å². The van der Waals surface area contributed by atoms with Crippen LogP contribution in [0.25, 0.3) is 0 Å². The third-order valence-corrected chi connectivity index (χ3v) is 2.77. The Morgan fingerprint density at radius 3 is 2.21 bits per heavy atom. The van der Waals surface area contributed by atoms with E-state index in [0.29, 0.717) is 0 Å². The van der Waals surface area contributed by atoms with Crippen molar-refractivity contribution in [2.75, 3.05) is 46.3 Å². The van der Waals surface area contributed by atoms with Crippen LogP contribution in [0, 0.1) is 0 Å². The number of nitrogens with two attached hydrogens (primary N) is 1. The average molecular weight is 222 g/mol. The van der Waals surface area contributed by atoms with Gasteiger partial charge in [0.25, 0.3) is 0 Å². The van der Waals surface area contributed by atoms with Crippen LogP contribution >= 0.6 is 12.4 Å². The molecule has 0 aliphatic carbocycles. The first kappa shape index (κ1) is 14.2. The first-order valence-electron chi connectivity index (χ1n) is 5.44. The predicted octanol–water partition coefficient (Wildman–Crippen LogP) is 0.785. The molecule has 1 fully saturated rings. The number of hydrogen-bond acceptors (Lipinski definition) is 3. The van der Waals surface area contributed by atoms with Gasteiger partial charge >= 0.3 is 0 Å². The van der Waals surface area contributed by atoms with Gasteiger partial charge in [-0.05, 0) is 33.0 Å². The highest BCUT2D eigenvalue weighted by Gasteiger charge is 2.12. The number of rotatable bonds is 5. The van der Waals surface area contributed by atoms with Crippen molar-refractivity contribution < 1.29 is 0 Å². The molecule has 0 spiro atoms. The summed E-state index contributed by atoms with van der Waals surface area (Å²) in [6, 6.07) is 0. The highest BCUT2D eigenvalue weighted by atomic mass is 35.5. The summed E-state index contributed by atoms with van der Waals surface area (Å²) < 4.78 is 0. The Balaban J connectivity index is 0.00000169. The molecular weight excluding hydrogens is 198 g/mol. The first-order valence-corrected chi connectivity index (χ1v) is 5.44. The van der Waals surface area contributed by atoms with Gasteiger partial charge < -0.3 is 15.5 Å². The minimum Gasteiger partial charge on any atom is -0.330 e. The summed E-state index contributed by atoms with van der Waals surface area (Å²) in [5.74, 6) is 0. The van der Waals surface area contributed by atoms with Crippen molar-refractivity contribution in [3.05, 3.63) is 0 Å². The van der Waals surface area contributed by atoms with Crippen molar-refractivity contribution in [1.82, 2.24) is 9.80 Å². The number of piperazine rings is 1. The van der Waals surface area contributed by atoms with E-state index in [1.54, 1.807) is 0 Å². The number of nitrogens with zero attached hydrogens (tertiary/aromatic N) is 2. The summed E-state index contributed by atoms with van der Waals surface area (Å²) in [6.45, 7) is 7.09. The second-order valence-corrected chi connectivity index (χ2v) is 3.99. The van der Waals surface area contributed by atoms with Gasteiger partial charge in [0.05, 0.1) is 0 Å². The van der Waals surface area contributed by atoms with E-state index in [0.717, 1.165) is 6.54 Å². The van der Waals surface area contributed by atoms with Crippen molar-refractivity contribution >= 4 is 12.4 Å². The SMILES string of the molecule is CN1CCN(CCCCCN)CC1.Cl. The van der Waals surface area contributed by atoms with Gasteiger partial charge in [0.1, 0.15) is 0 Å². The maximum absolute atomic E-state index is 5.45. The normalized spacial score (nSPS) is 19.3. The van der Waals surface area contributed by atoms with Crippen LogP contribution < -0.4 is 5.73 Å². The maximum Gasteiger partial charge on any atom is 0.0110 e. The molecule has 0 unspecified atom stereocenters. The molecule has 1 aliphatic heterocycles. The molecule has 1 heterocycles. The highest BCUT2D eigenvalue weighted by molar-refractivity contribution is 5.85. The van der Waals surface area contributed by atoms with Gasteiger partial charge in [-0.2, -0.15) is 0 Å². The fourth-order valence-electron chi connectivity index (χ4n) is 1.73. The van der Waals surface area contributed by atoms with Crippen LogP contribution in [0.5, 0.6) is 0 Å². The number of hydrogen-bond donors (Lipinski definition) is 1. The Labute approximate surface area is 94.0 Å². The lowest BCUT2D eigenvalue weighted by Gasteiger charge is -2.32. The standard InChI is InChI=1S/C10H23N3.ClH/c1-12-7-9-13(10-8-12)6-4-2-3-5-11;/h2-11H2,1H3;1H. The summed E-state index contributed by atoms with van der Waals surface area (Å²) in [5, 5.41) is 0. The smallest absolute Gasteiger partial charge is 0.0110 e. The fraction of sp³-hybridized carbons (Fsp3) is 1.00. The lowest BCUT2D eigenvalue weighted by atomic mass is 10.2. The molecular formula is C10H24ClN3. The minimum atomic E-state index is 0. The van der Waals surface area contributed by atoms with Gasteiger partial charge in [0.15, 0.2) is 0 Å². The van der Waals surface area contributed by atoms with E-state index in [2.05, 4.69) is 16.8 Å². The molecule has 3 nitrogen and oxygen atoms in total. The molecule has 0 bridgehead atoms. The highest BCUT2D eigenvalue weighted by Crippen LogP contribution is 2.02. The van der Waals surface area contributed by atoms with Gasteiger partial charge in [-0.15, -0.1) is 12.4 Å². The van der Waals surface area contributed by atoms with Gasteiger partial charge in [-0.3, -0.25) is 0 Å². The fourth-order valence-corrected chi connectivity index (χ4v) is 1.73. The molecule has 2 N–H and O–H groups in total. The molecule has 1 rings (SSSR count). The van der Waals surface area contributed by atoms with Crippen molar-refractivity contribution in [3.63, 3.8) is 0 Å². The Bertz CT molecular complexity index is 125. The van der Waals surface area contributed by atoms with Crippen LogP contribution in [-0.4, -0.2) is 56.1 Å². The van der Waals surface area contributed by atoms with E-state index in [4.69, 9.17) is 5.73 Å². The molecule has 0 atom stereocenters. The zero-order chi connectivity index (χ0) is 9.52. The third-order valence-electron chi connectivity index (χ3n) is 2.77. The van der Waals surface area contributed by atoms with Crippen LogP contribution in [0.1, 0.15) is 19.3 Å². The maximum atomic E-state index is 5.45. The molecule has 1 saturated heterocycles. The zero-order valence-corrected chi connectivity index (χ0v) is 10.1. The predicted molar refractivity (Wildman–Crippen MR) is 64.1 cm³/mol. The third kappa shape index (κ3) is 5.81. The van der Waals surface area contributed by atoms with E-state index < -0.39 is 0 Å². The molecule has 86 valence electrons. The average Bonchev–Trinajstić information content (AvgIpc) is 2.15. The van der Waals surface area contributed by atoms with Crippen molar-refractivity contribution in [1.29, 1.82) is 0 Å². The molecule has 0 aromatic heterocycles. The second-order valence-electron chi connectivity index (χ2n) is 3.99. The van der Waals surface area contributed by atoms with Crippen molar-refractivity contribution in [2.45, 2.75) is 19.3 Å². The largest absolute Gasteiger partial charge is 0.330 e. The molecule has 0 amide bonds. The number of likely N-dealkylation sites (N-methyl/N-ethyl adjacent to an activating group) is 1. The Morgan fingerprint density at radius 2 is 1.64 bits per heavy atom. The van der Waals surface area contributed by atoms with Gasteiger partial charge in [-0.25, -0.2) is 0 Å². The zero-order valence-electron chi connectivity index (χ0n) is 9.24. The van der Waals surface area contributed by atoms with Gasteiger partial charge in [-0.1, -0.05) is 6.42 Å². The molecule has 0 aromatic carbocycles. The Morgan fingerprint density at radius 1 is 1.00 bits per heavy atom. The number of unbranched alkanes of at least 4 members (excludes halogenated alkanes) is 2. The number of halogens is 1. The first-order chi connectivity index (χ1) is 6.33. The van der Waals surface area contributed by atoms with Crippen LogP contribution in [0.3, 0.4) is 0 Å². The van der Waals surface area contributed by atoms with E-state index in [-0.39, 0.29) is 12.4 Å². The van der Waals surface area contributed by atoms with Gasteiger partial charge in [0, 0.05) is 26.2 Å². The van der Waals surface area contributed by atoms with Crippen LogP contribution in [0.15, 0.2) is 0 Å². The summed E-state index contributed by atoms with van der Waals surface area (Å²) in [5.41, 5.74) is 5.45. The van der Waals surface area contributed by atoms with E-state index in [1.807, 2.05) is 0 Å². The summed E-state index contributed by atoms with van der Waals surface area (Å²) in [4.78, 5) is 4.97. The molecule has 14 heavy (non-hydrogen) atoms.